The van der Waals surface area contributed by atoms with Crippen molar-refractivity contribution in [2.75, 3.05) is 17.8 Å². The molecule has 1 aliphatic rings. The molecule has 5 rings (SSSR count). The molecule has 36 heavy (non-hydrogen) atoms. The molecule has 1 atom stereocenters. The van der Waals surface area contributed by atoms with E-state index in [9.17, 15) is 19.0 Å². The van der Waals surface area contributed by atoms with Crippen LogP contribution in [0.3, 0.4) is 0 Å². The number of likely N-dealkylation sites (tertiary alicyclic amines) is 1. The maximum Gasteiger partial charge on any atom is 0.245 e. The molecule has 1 saturated heterocycles. The van der Waals surface area contributed by atoms with Gasteiger partial charge in [0.15, 0.2) is 0 Å². The first-order valence-electron chi connectivity index (χ1n) is 11.5. The molecule has 4 aromatic rings. The summed E-state index contributed by atoms with van der Waals surface area (Å²) >= 11 is 7.44. The summed E-state index contributed by atoms with van der Waals surface area (Å²) in [4.78, 5) is 19.4. The first kappa shape index (κ1) is 25.1. The molecule has 2 aromatic heterocycles. The van der Waals surface area contributed by atoms with Crippen molar-refractivity contribution in [3.05, 3.63) is 76.9 Å². The molecular formula is C25H31ClN4O4S2. The van der Waals surface area contributed by atoms with Crippen molar-refractivity contribution in [1.82, 2.24) is 14.5 Å². The monoisotopic (exact) mass is 550 g/mol. The quantitative estimate of drug-likeness (QED) is 0.219. The second kappa shape index (κ2) is 9.70. The standard InChI is InChI=1S/C25H27ClN4O4S2.2H2/c1-17(30-12-8-18-2-5-20(26)16-22(18)30)23(31)29-13-9-25(32,10-14-29)19-3-6-21(7-4-19)36(33,34)28-24-27-11-15-35-24;;/h2-8,11-12,15-17,32-34H,9-10,13-14H2,1H3,(H,27,28);2*1H/t17-;;/m1../s1. The lowest BCUT2D eigenvalue weighted by atomic mass is 9.84. The largest absolute Gasteiger partial charge is 0.385 e. The predicted molar refractivity (Wildman–Crippen MR) is 149 cm³/mol. The summed E-state index contributed by atoms with van der Waals surface area (Å²) in [6, 6.07) is 13.8. The van der Waals surface area contributed by atoms with Crippen molar-refractivity contribution in [1.29, 1.82) is 0 Å². The Morgan fingerprint density at radius 3 is 2.58 bits per heavy atom. The highest BCUT2D eigenvalue weighted by Gasteiger charge is 2.37. The van der Waals surface area contributed by atoms with Crippen molar-refractivity contribution in [3.8, 4) is 0 Å². The molecule has 4 N–H and O–H groups in total. The molecule has 194 valence electrons. The van der Waals surface area contributed by atoms with Crippen molar-refractivity contribution in [2.24, 2.45) is 0 Å². The number of aliphatic hydroxyl groups is 1. The van der Waals surface area contributed by atoms with E-state index in [-0.39, 0.29) is 8.76 Å². The smallest absolute Gasteiger partial charge is 0.245 e. The van der Waals surface area contributed by atoms with Gasteiger partial charge in [-0.25, -0.2) is 4.98 Å². The fourth-order valence-corrected chi connectivity index (χ4v) is 6.65. The molecule has 1 amide bonds. The number of rotatable bonds is 6. The van der Waals surface area contributed by atoms with Gasteiger partial charge >= 0.3 is 0 Å². The lowest BCUT2D eigenvalue weighted by molar-refractivity contribution is -0.138. The molecule has 3 heterocycles. The molecule has 0 bridgehead atoms. The van der Waals surface area contributed by atoms with Crippen LogP contribution in [-0.4, -0.2) is 47.7 Å². The Kier molecular flexibility index (Phi) is 6.75. The van der Waals surface area contributed by atoms with Crippen LogP contribution < -0.4 is 4.72 Å². The van der Waals surface area contributed by atoms with E-state index < -0.39 is 22.4 Å². The fraction of sp³-hybridized carbons (Fsp3) is 0.280. The summed E-state index contributed by atoms with van der Waals surface area (Å²) in [5.41, 5.74) is 0.492. The summed E-state index contributed by atoms with van der Waals surface area (Å²) in [6.07, 6.45) is 4.25. The predicted octanol–water partition coefficient (Wildman–Crippen LogP) is 6.45. The van der Waals surface area contributed by atoms with E-state index in [1.165, 1.54) is 11.3 Å². The zero-order valence-electron chi connectivity index (χ0n) is 19.5. The van der Waals surface area contributed by atoms with Crippen LogP contribution in [-0.2, 0) is 10.4 Å². The van der Waals surface area contributed by atoms with E-state index in [1.54, 1.807) is 40.7 Å². The lowest BCUT2D eigenvalue weighted by Gasteiger charge is -2.40. The second-order valence-corrected chi connectivity index (χ2v) is 12.1. The van der Waals surface area contributed by atoms with Crippen LogP contribution in [0.1, 0.15) is 34.2 Å². The number of hydrogen-bond acceptors (Lipinski definition) is 7. The van der Waals surface area contributed by atoms with Gasteiger partial charge in [0.2, 0.25) is 11.0 Å². The van der Waals surface area contributed by atoms with Crippen molar-refractivity contribution >= 4 is 55.7 Å². The number of carbonyl (C=O) groups excluding carboxylic acids is 1. The molecular weight excluding hydrogens is 520 g/mol. The highest BCUT2D eigenvalue weighted by molar-refractivity contribution is 8.25. The number of halogens is 1. The summed E-state index contributed by atoms with van der Waals surface area (Å²) < 4.78 is 25.6. The molecule has 1 fully saturated rings. The molecule has 11 heteroatoms. The number of anilines is 1. The summed E-state index contributed by atoms with van der Waals surface area (Å²) in [5.74, 6) is -0.00733. The fourth-order valence-electron chi connectivity index (χ4n) is 4.64. The Hall–Kier alpha value is -2.60. The third-order valence-corrected chi connectivity index (χ3v) is 9.20. The van der Waals surface area contributed by atoms with E-state index in [1.807, 2.05) is 42.0 Å². The third-order valence-electron chi connectivity index (χ3n) is 6.74. The summed E-state index contributed by atoms with van der Waals surface area (Å²) in [6.45, 7) is 2.71. The minimum Gasteiger partial charge on any atom is -0.385 e. The summed E-state index contributed by atoms with van der Waals surface area (Å²) in [5, 5.41) is 15.1. The van der Waals surface area contributed by atoms with E-state index in [0.717, 1.165) is 10.9 Å². The maximum atomic E-state index is 13.3. The van der Waals surface area contributed by atoms with E-state index in [0.29, 0.717) is 46.5 Å². The Labute approximate surface area is 222 Å². The van der Waals surface area contributed by atoms with E-state index in [2.05, 4.69) is 9.71 Å². The van der Waals surface area contributed by atoms with Crippen LogP contribution in [0.4, 0.5) is 5.13 Å². The molecule has 1 aliphatic heterocycles. The molecule has 8 nitrogen and oxygen atoms in total. The highest BCUT2D eigenvalue weighted by atomic mass is 35.5. The van der Waals surface area contributed by atoms with E-state index >= 15 is 0 Å². The number of nitrogens with one attached hydrogen (secondary N) is 1. The number of amides is 1. The first-order chi connectivity index (χ1) is 17.2. The van der Waals surface area contributed by atoms with Gasteiger partial charge in [0.25, 0.3) is 0 Å². The molecule has 0 unspecified atom stereocenters. The Morgan fingerprint density at radius 2 is 1.92 bits per heavy atom. The molecule has 0 spiro atoms. The Morgan fingerprint density at radius 1 is 1.19 bits per heavy atom. The zero-order valence-corrected chi connectivity index (χ0v) is 21.9. The van der Waals surface area contributed by atoms with Gasteiger partial charge < -0.3 is 14.6 Å². The Balaban J connectivity index is 0.00000200. The summed E-state index contributed by atoms with van der Waals surface area (Å²) in [7, 11) is -3.27. The molecule has 0 aliphatic carbocycles. The van der Waals surface area contributed by atoms with Gasteiger partial charge in [-0.15, -0.1) is 11.3 Å². The van der Waals surface area contributed by atoms with Gasteiger partial charge in [-0.3, -0.25) is 18.6 Å². The molecule has 0 saturated carbocycles. The topological polar surface area (TPSA) is 111 Å². The van der Waals surface area contributed by atoms with Crippen molar-refractivity contribution < 1.29 is 21.9 Å². The average molecular weight is 551 g/mol. The number of hydrogen-bond donors (Lipinski definition) is 4. The first-order valence-corrected chi connectivity index (χ1v) is 14.3. The number of thiazole rings is 1. The van der Waals surface area contributed by atoms with Crippen molar-refractivity contribution in [3.63, 3.8) is 0 Å². The van der Waals surface area contributed by atoms with Crippen LogP contribution in [0.15, 0.2) is 71.2 Å². The number of fused-ring (bicyclic) bond motifs is 1. The lowest BCUT2D eigenvalue weighted by Crippen LogP contribution is -2.47. The SMILES string of the molecule is C[C@H](C(=O)N1CCC(O)(c2ccc(S(O)(O)Nc3nccs3)cc2)CC1)n1ccc2ccc(Cl)cc21.[HH].[HH]. The normalized spacial score (nSPS) is 17.2. The Bertz CT molecular complexity index is 1380. The third kappa shape index (κ3) is 4.84. The minimum absolute atomic E-state index is 0. The van der Waals surface area contributed by atoms with E-state index in [4.69, 9.17) is 11.6 Å². The number of nitrogens with zero attached hydrogens (tertiary/aromatic N) is 3. The van der Waals surface area contributed by atoms with Crippen LogP contribution in [0.5, 0.6) is 0 Å². The number of benzene rings is 2. The maximum absolute atomic E-state index is 13.3. The highest BCUT2D eigenvalue weighted by Crippen LogP contribution is 2.48. The number of carbonyl (C=O) groups is 1. The van der Waals surface area contributed by atoms with Gasteiger partial charge in [-0.2, -0.15) is 0 Å². The van der Waals surface area contributed by atoms with Gasteiger partial charge in [-0.05, 0) is 61.0 Å². The van der Waals surface area contributed by atoms with Crippen LogP contribution in [0.25, 0.3) is 10.9 Å². The van der Waals surface area contributed by atoms with Crippen LogP contribution in [0, 0.1) is 0 Å². The van der Waals surface area contributed by atoms with Crippen LogP contribution in [0.2, 0.25) is 5.02 Å². The molecule has 0 radical (unpaired) electrons. The van der Waals surface area contributed by atoms with Gasteiger partial charge in [0, 0.05) is 38.7 Å². The van der Waals surface area contributed by atoms with Gasteiger partial charge in [0.1, 0.15) is 6.04 Å². The van der Waals surface area contributed by atoms with Crippen LogP contribution >= 0.6 is 33.7 Å². The second-order valence-electron chi connectivity index (χ2n) is 8.97. The minimum atomic E-state index is -3.27. The number of piperidine rings is 1. The molecule has 2 aromatic carbocycles. The van der Waals surface area contributed by atoms with Crippen molar-refractivity contribution in [2.45, 2.75) is 36.3 Å². The number of aromatic nitrogens is 2. The van der Waals surface area contributed by atoms with Gasteiger partial charge in [0.05, 0.1) is 16.0 Å². The average Bonchev–Trinajstić information content (AvgIpc) is 3.53. The zero-order chi connectivity index (χ0) is 25.5. The van der Waals surface area contributed by atoms with Gasteiger partial charge in [-0.1, -0.05) is 40.6 Å².